The van der Waals surface area contributed by atoms with E-state index in [1.807, 2.05) is 32.0 Å². The van der Waals surface area contributed by atoms with Crippen molar-refractivity contribution in [1.82, 2.24) is 4.90 Å². The van der Waals surface area contributed by atoms with E-state index in [0.717, 1.165) is 16.7 Å². The molecule has 3 aromatic rings. The lowest BCUT2D eigenvalue weighted by Gasteiger charge is -2.15. The van der Waals surface area contributed by atoms with Crippen molar-refractivity contribution in [3.63, 3.8) is 0 Å². The van der Waals surface area contributed by atoms with E-state index in [2.05, 4.69) is 5.32 Å². The second-order valence-electron chi connectivity index (χ2n) is 7.82. The molecule has 4 rings (SSSR count). The Bertz CT molecular complexity index is 1220. The van der Waals surface area contributed by atoms with E-state index in [1.165, 1.54) is 41.3 Å². The Kier molecular flexibility index (Phi) is 5.86. The van der Waals surface area contributed by atoms with E-state index in [9.17, 15) is 18.4 Å². The minimum absolute atomic E-state index is 0.156. The van der Waals surface area contributed by atoms with Gasteiger partial charge >= 0.3 is 0 Å². The van der Waals surface area contributed by atoms with Gasteiger partial charge in [-0.3, -0.25) is 14.5 Å². The molecule has 0 unspecified atom stereocenters. The van der Waals surface area contributed by atoms with Gasteiger partial charge in [0.05, 0.1) is 5.57 Å². The number of hydrogen-bond acceptors (Lipinski definition) is 3. The summed E-state index contributed by atoms with van der Waals surface area (Å²) in [5, 5.41) is 3.02. The van der Waals surface area contributed by atoms with Crippen molar-refractivity contribution in [2.24, 2.45) is 0 Å². The molecular weight excluding hydrogens is 410 g/mol. The van der Waals surface area contributed by atoms with Gasteiger partial charge in [-0.2, -0.15) is 0 Å². The number of anilines is 1. The normalized spacial score (nSPS) is 13.8. The van der Waals surface area contributed by atoms with Crippen molar-refractivity contribution < 1.29 is 18.4 Å². The predicted molar refractivity (Wildman–Crippen MR) is 120 cm³/mol. The number of halogens is 2. The van der Waals surface area contributed by atoms with E-state index in [-0.39, 0.29) is 23.6 Å². The summed E-state index contributed by atoms with van der Waals surface area (Å²) in [5.41, 5.74) is 4.48. The van der Waals surface area contributed by atoms with E-state index < -0.39 is 17.6 Å². The summed E-state index contributed by atoms with van der Waals surface area (Å²) in [6, 6.07) is 17.2. The number of amides is 2. The summed E-state index contributed by atoms with van der Waals surface area (Å²) in [5.74, 6) is -1.58. The average molecular weight is 432 g/mol. The zero-order valence-corrected chi connectivity index (χ0v) is 17.8. The van der Waals surface area contributed by atoms with Crippen LogP contribution < -0.4 is 5.32 Å². The summed E-state index contributed by atoms with van der Waals surface area (Å²) in [4.78, 5) is 27.8. The van der Waals surface area contributed by atoms with E-state index in [0.29, 0.717) is 17.7 Å². The highest BCUT2D eigenvalue weighted by Crippen LogP contribution is 2.31. The highest BCUT2D eigenvalue weighted by Gasteiger charge is 2.39. The van der Waals surface area contributed by atoms with Gasteiger partial charge in [-0.1, -0.05) is 30.3 Å². The quantitative estimate of drug-likeness (QED) is 0.557. The van der Waals surface area contributed by atoms with Crippen LogP contribution in [0.2, 0.25) is 0 Å². The number of carbonyl (C=O) groups is 2. The van der Waals surface area contributed by atoms with Gasteiger partial charge in [-0.25, -0.2) is 8.78 Å². The Morgan fingerprint density at radius 1 is 0.781 bits per heavy atom. The largest absolute Gasteiger partial charge is 0.350 e. The van der Waals surface area contributed by atoms with Crippen molar-refractivity contribution in [3.05, 3.63) is 106 Å². The Labute approximate surface area is 185 Å². The molecule has 2 amide bonds. The molecule has 0 aliphatic carbocycles. The molecule has 1 aliphatic heterocycles. The summed E-state index contributed by atoms with van der Waals surface area (Å²) in [6.45, 7) is 4.08. The van der Waals surface area contributed by atoms with Crippen molar-refractivity contribution >= 4 is 23.1 Å². The first-order valence-electron chi connectivity index (χ1n) is 10.3. The number of nitrogens with zero attached hydrogens (tertiary/aromatic N) is 1. The molecule has 0 fully saturated rings. The van der Waals surface area contributed by atoms with Crippen LogP contribution in [-0.4, -0.2) is 23.3 Å². The third-order valence-electron chi connectivity index (χ3n) is 5.61. The minimum atomic E-state index is -0.449. The standard InChI is InChI=1S/C26H22F2N2O2/c1-16-3-6-19(15-17(16)2)23-24(29-22-11-9-21(28)10-12-22)26(32)30(25(23)31)14-13-18-4-7-20(27)8-5-18/h3-12,15,29H,13-14H2,1-2H3. The highest BCUT2D eigenvalue weighted by molar-refractivity contribution is 6.36. The monoisotopic (exact) mass is 432 g/mol. The van der Waals surface area contributed by atoms with E-state index in [4.69, 9.17) is 0 Å². The molecule has 0 bridgehead atoms. The molecule has 32 heavy (non-hydrogen) atoms. The van der Waals surface area contributed by atoms with Crippen LogP contribution in [0.5, 0.6) is 0 Å². The lowest BCUT2D eigenvalue weighted by Crippen LogP contribution is -2.34. The third kappa shape index (κ3) is 4.30. The molecular formula is C26H22F2N2O2. The van der Waals surface area contributed by atoms with Gasteiger partial charge in [0.1, 0.15) is 17.3 Å². The first-order valence-corrected chi connectivity index (χ1v) is 10.3. The molecule has 0 atom stereocenters. The average Bonchev–Trinajstić information content (AvgIpc) is 3.00. The van der Waals surface area contributed by atoms with Crippen LogP contribution in [0.25, 0.3) is 5.57 Å². The maximum Gasteiger partial charge on any atom is 0.278 e. The van der Waals surface area contributed by atoms with Gasteiger partial charge in [-0.15, -0.1) is 0 Å². The lowest BCUT2D eigenvalue weighted by atomic mass is 9.99. The molecule has 6 heteroatoms. The van der Waals surface area contributed by atoms with Gasteiger partial charge in [0.25, 0.3) is 11.8 Å². The molecule has 0 radical (unpaired) electrons. The summed E-state index contributed by atoms with van der Waals surface area (Å²) < 4.78 is 26.5. The van der Waals surface area contributed by atoms with Crippen molar-refractivity contribution in [1.29, 1.82) is 0 Å². The van der Waals surface area contributed by atoms with Crippen LogP contribution >= 0.6 is 0 Å². The van der Waals surface area contributed by atoms with Gasteiger partial charge in [0.2, 0.25) is 0 Å². The van der Waals surface area contributed by atoms with Crippen molar-refractivity contribution in [3.8, 4) is 0 Å². The molecule has 1 N–H and O–H groups in total. The number of hydrogen-bond donors (Lipinski definition) is 1. The van der Waals surface area contributed by atoms with E-state index >= 15 is 0 Å². The Morgan fingerprint density at radius 3 is 2.03 bits per heavy atom. The first-order chi connectivity index (χ1) is 15.3. The van der Waals surface area contributed by atoms with Crippen LogP contribution in [0.4, 0.5) is 14.5 Å². The molecule has 0 spiro atoms. The second kappa shape index (κ2) is 8.75. The lowest BCUT2D eigenvalue weighted by molar-refractivity contribution is -0.136. The number of aryl methyl sites for hydroxylation is 2. The fourth-order valence-corrected chi connectivity index (χ4v) is 3.63. The summed E-state index contributed by atoms with van der Waals surface area (Å²) in [7, 11) is 0. The van der Waals surface area contributed by atoms with Gasteiger partial charge in [-0.05, 0) is 78.9 Å². The zero-order valence-electron chi connectivity index (χ0n) is 17.8. The number of nitrogens with one attached hydrogen (secondary N) is 1. The van der Waals surface area contributed by atoms with Gasteiger partial charge < -0.3 is 5.32 Å². The summed E-state index contributed by atoms with van der Waals surface area (Å²) >= 11 is 0. The predicted octanol–water partition coefficient (Wildman–Crippen LogP) is 5.02. The SMILES string of the molecule is Cc1ccc(C2=C(Nc3ccc(F)cc3)C(=O)N(CCc3ccc(F)cc3)C2=O)cc1C. The molecule has 162 valence electrons. The zero-order chi connectivity index (χ0) is 22.8. The Morgan fingerprint density at radius 2 is 1.41 bits per heavy atom. The highest BCUT2D eigenvalue weighted by atomic mass is 19.1. The smallest absolute Gasteiger partial charge is 0.278 e. The molecule has 0 saturated carbocycles. The summed E-state index contributed by atoms with van der Waals surface area (Å²) in [6.07, 6.45) is 0.405. The Hall–Kier alpha value is -3.80. The minimum Gasteiger partial charge on any atom is -0.350 e. The molecule has 0 saturated heterocycles. The molecule has 3 aromatic carbocycles. The second-order valence-corrected chi connectivity index (χ2v) is 7.82. The fourth-order valence-electron chi connectivity index (χ4n) is 3.63. The van der Waals surface area contributed by atoms with Crippen LogP contribution in [-0.2, 0) is 16.0 Å². The number of rotatable bonds is 6. The van der Waals surface area contributed by atoms with Gasteiger partial charge in [0.15, 0.2) is 0 Å². The maximum absolute atomic E-state index is 13.3. The van der Waals surface area contributed by atoms with Crippen LogP contribution in [0.1, 0.15) is 22.3 Å². The number of benzene rings is 3. The third-order valence-corrected chi connectivity index (χ3v) is 5.61. The van der Waals surface area contributed by atoms with Crippen molar-refractivity contribution in [2.45, 2.75) is 20.3 Å². The first kappa shape index (κ1) is 21.4. The molecule has 1 heterocycles. The number of carbonyl (C=O) groups excluding carboxylic acids is 2. The molecule has 4 nitrogen and oxygen atoms in total. The Balaban J connectivity index is 1.67. The van der Waals surface area contributed by atoms with Crippen LogP contribution in [0.15, 0.2) is 72.4 Å². The number of imide groups is 1. The molecule has 0 aromatic heterocycles. The van der Waals surface area contributed by atoms with E-state index in [1.54, 1.807) is 12.1 Å². The van der Waals surface area contributed by atoms with Gasteiger partial charge in [0, 0.05) is 12.2 Å². The maximum atomic E-state index is 13.3. The van der Waals surface area contributed by atoms with Crippen molar-refractivity contribution in [2.75, 3.05) is 11.9 Å². The van der Waals surface area contributed by atoms with Crippen LogP contribution in [0, 0.1) is 25.5 Å². The fraction of sp³-hybridized carbons (Fsp3) is 0.154. The topological polar surface area (TPSA) is 49.4 Å². The van der Waals surface area contributed by atoms with Crippen LogP contribution in [0.3, 0.4) is 0 Å². The molecule has 1 aliphatic rings.